The SMILES string of the molecule is CCCN(CC)C1(CN)CCOC(C)(C)C1. The van der Waals surface area contributed by atoms with Crippen LogP contribution in [0.2, 0.25) is 0 Å². The lowest BCUT2D eigenvalue weighted by atomic mass is 9.79. The van der Waals surface area contributed by atoms with E-state index in [1.807, 2.05) is 0 Å². The maximum atomic E-state index is 6.07. The molecule has 1 unspecified atom stereocenters. The maximum Gasteiger partial charge on any atom is 0.0644 e. The summed E-state index contributed by atoms with van der Waals surface area (Å²) in [5.41, 5.74) is 6.20. The first kappa shape index (κ1) is 13.9. The van der Waals surface area contributed by atoms with Gasteiger partial charge >= 0.3 is 0 Å². The Morgan fingerprint density at radius 1 is 1.31 bits per heavy atom. The average molecular weight is 228 g/mol. The highest BCUT2D eigenvalue weighted by Crippen LogP contribution is 2.35. The topological polar surface area (TPSA) is 38.5 Å². The van der Waals surface area contributed by atoms with Gasteiger partial charge in [-0.15, -0.1) is 0 Å². The first-order valence-corrected chi connectivity index (χ1v) is 6.59. The van der Waals surface area contributed by atoms with Crippen LogP contribution in [0.3, 0.4) is 0 Å². The number of ether oxygens (including phenoxy) is 1. The van der Waals surface area contributed by atoms with Crippen LogP contribution in [0.25, 0.3) is 0 Å². The zero-order chi connectivity index (χ0) is 12.2. The zero-order valence-corrected chi connectivity index (χ0v) is 11.4. The Morgan fingerprint density at radius 2 is 2.00 bits per heavy atom. The fourth-order valence-electron chi connectivity index (χ4n) is 3.02. The molecule has 1 atom stereocenters. The van der Waals surface area contributed by atoms with Crippen LogP contribution in [0, 0.1) is 0 Å². The molecule has 0 saturated carbocycles. The van der Waals surface area contributed by atoms with E-state index >= 15 is 0 Å². The Bertz CT molecular complexity index is 218. The summed E-state index contributed by atoms with van der Waals surface area (Å²) in [6.07, 6.45) is 3.31. The van der Waals surface area contributed by atoms with Gasteiger partial charge in [0.15, 0.2) is 0 Å². The smallest absolute Gasteiger partial charge is 0.0644 e. The normalized spacial score (nSPS) is 29.6. The van der Waals surface area contributed by atoms with Crippen LogP contribution in [0.5, 0.6) is 0 Å². The van der Waals surface area contributed by atoms with E-state index in [1.54, 1.807) is 0 Å². The second kappa shape index (κ2) is 5.48. The predicted octanol–water partition coefficient (Wildman–Crippen LogP) is 2.00. The van der Waals surface area contributed by atoms with Crippen LogP contribution in [-0.2, 0) is 4.74 Å². The number of hydrogen-bond acceptors (Lipinski definition) is 3. The summed E-state index contributed by atoms with van der Waals surface area (Å²) in [5, 5.41) is 0. The minimum Gasteiger partial charge on any atom is -0.375 e. The van der Waals surface area contributed by atoms with Crippen molar-refractivity contribution in [3.05, 3.63) is 0 Å². The highest BCUT2D eigenvalue weighted by atomic mass is 16.5. The van der Waals surface area contributed by atoms with E-state index in [-0.39, 0.29) is 11.1 Å². The Balaban J connectivity index is 2.82. The third kappa shape index (κ3) is 2.96. The summed E-state index contributed by atoms with van der Waals surface area (Å²) in [5.74, 6) is 0. The van der Waals surface area contributed by atoms with Crippen LogP contribution in [0.15, 0.2) is 0 Å². The molecular formula is C13H28N2O. The third-order valence-corrected chi connectivity index (χ3v) is 3.74. The van der Waals surface area contributed by atoms with Crippen molar-refractivity contribution in [1.29, 1.82) is 0 Å². The second-order valence-corrected chi connectivity index (χ2v) is 5.54. The minimum atomic E-state index is -0.0290. The summed E-state index contributed by atoms with van der Waals surface area (Å²) in [4.78, 5) is 2.55. The molecule has 1 heterocycles. The van der Waals surface area contributed by atoms with Gasteiger partial charge in [0.25, 0.3) is 0 Å². The van der Waals surface area contributed by atoms with Gasteiger partial charge in [0.2, 0.25) is 0 Å². The van der Waals surface area contributed by atoms with Crippen molar-refractivity contribution < 1.29 is 4.74 Å². The molecule has 0 radical (unpaired) electrons. The van der Waals surface area contributed by atoms with Crippen molar-refractivity contribution in [2.24, 2.45) is 5.73 Å². The molecular weight excluding hydrogens is 200 g/mol. The molecule has 3 nitrogen and oxygen atoms in total. The fraction of sp³-hybridized carbons (Fsp3) is 1.00. The predicted molar refractivity (Wildman–Crippen MR) is 68.6 cm³/mol. The molecule has 0 bridgehead atoms. The van der Waals surface area contributed by atoms with Crippen LogP contribution < -0.4 is 5.73 Å². The van der Waals surface area contributed by atoms with Gasteiger partial charge in [-0.25, -0.2) is 0 Å². The summed E-state index contributed by atoms with van der Waals surface area (Å²) >= 11 is 0. The molecule has 2 N–H and O–H groups in total. The van der Waals surface area contributed by atoms with E-state index < -0.39 is 0 Å². The standard InChI is InChI=1S/C13H28N2O/c1-5-8-15(6-2)13(11-14)7-9-16-12(3,4)10-13/h5-11,14H2,1-4H3. The molecule has 0 aromatic carbocycles. The summed E-state index contributed by atoms with van der Waals surface area (Å²) in [7, 11) is 0. The summed E-state index contributed by atoms with van der Waals surface area (Å²) in [6, 6.07) is 0. The highest BCUT2D eigenvalue weighted by molar-refractivity contribution is 4.99. The molecule has 0 aliphatic carbocycles. The van der Waals surface area contributed by atoms with Gasteiger partial charge < -0.3 is 10.5 Å². The second-order valence-electron chi connectivity index (χ2n) is 5.54. The lowest BCUT2D eigenvalue weighted by Crippen LogP contribution is -2.60. The van der Waals surface area contributed by atoms with Crippen molar-refractivity contribution in [1.82, 2.24) is 4.90 Å². The number of likely N-dealkylation sites (N-methyl/N-ethyl adjacent to an activating group) is 1. The number of hydrogen-bond donors (Lipinski definition) is 1. The van der Waals surface area contributed by atoms with Crippen molar-refractivity contribution in [3.63, 3.8) is 0 Å². The van der Waals surface area contributed by atoms with E-state index in [9.17, 15) is 0 Å². The van der Waals surface area contributed by atoms with Crippen LogP contribution in [0.4, 0.5) is 0 Å². The van der Waals surface area contributed by atoms with E-state index in [2.05, 4.69) is 32.6 Å². The summed E-state index contributed by atoms with van der Waals surface area (Å²) < 4.78 is 5.81. The molecule has 0 spiro atoms. The molecule has 1 aliphatic heterocycles. The lowest BCUT2D eigenvalue weighted by molar-refractivity contribution is -0.117. The monoisotopic (exact) mass is 228 g/mol. The molecule has 0 amide bonds. The van der Waals surface area contributed by atoms with Crippen LogP contribution >= 0.6 is 0 Å². The molecule has 16 heavy (non-hydrogen) atoms. The molecule has 1 fully saturated rings. The van der Waals surface area contributed by atoms with Gasteiger partial charge in [0, 0.05) is 18.7 Å². The van der Waals surface area contributed by atoms with E-state index in [0.717, 1.165) is 39.1 Å². The first-order chi connectivity index (χ1) is 7.49. The highest BCUT2D eigenvalue weighted by Gasteiger charge is 2.43. The van der Waals surface area contributed by atoms with E-state index in [0.29, 0.717) is 0 Å². The van der Waals surface area contributed by atoms with Gasteiger partial charge in [-0.3, -0.25) is 4.90 Å². The first-order valence-electron chi connectivity index (χ1n) is 6.59. The Morgan fingerprint density at radius 3 is 2.44 bits per heavy atom. The third-order valence-electron chi connectivity index (χ3n) is 3.74. The van der Waals surface area contributed by atoms with E-state index in [4.69, 9.17) is 10.5 Å². The molecule has 1 rings (SSSR count). The van der Waals surface area contributed by atoms with Crippen molar-refractivity contribution >= 4 is 0 Å². The van der Waals surface area contributed by atoms with Crippen molar-refractivity contribution in [2.45, 2.75) is 58.1 Å². The Kier molecular flexibility index (Phi) is 4.77. The largest absolute Gasteiger partial charge is 0.375 e. The molecule has 0 aromatic heterocycles. The van der Waals surface area contributed by atoms with Crippen LogP contribution in [0.1, 0.15) is 47.0 Å². The maximum absolute atomic E-state index is 6.07. The van der Waals surface area contributed by atoms with E-state index in [1.165, 1.54) is 6.42 Å². The molecule has 1 saturated heterocycles. The quantitative estimate of drug-likeness (QED) is 0.782. The van der Waals surface area contributed by atoms with Gasteiger partial charge in [-0.05, 0) is 46.2 Å². The number of rotatable bonds is 5. The molecule has 0 aromatic rings. The lowest BCUT2D eigenvalue weighted by Gasteiger charge is -2.50. The molecule has 1 aliphatic rings. The van der Waals surface area contributed by atoms with Crippen LogP contribution in [-0.4, -0.2) is 42.3 Å². The van der Waals surface area contributed by atoms with Gasteiger partial charge in [-0.1, -0.05) is 13.8 Å². The fourth-order valence-corrected chi connectivity index (χ4v) is 3.02. The van der Waals surface area contributed by atoms with Crippen molar-refractivity contribution in [2.75, 3.05) is 26.2 Å². The Hall–Kier alpha value is -0.120. The molecule has 3 heteroatoms. The zero-order valence-electron chi connectivity index (χ0n) is 11.4. The Labute approximate surface area is 100 Å². The summed E-state index contributed by atoms with van der Waals surface area (Å²) in [6.45, 7) is 12.6. The average Bonchev–Trinajstić information content (AvgIpc) is 2.24. The molecule has 96 valence electrons. The van der Waals surface area contributed by atoms with Gasteiger partial charge in [0.05, 0.1) is 5.60 Å². The number of nitrogens with two attached hydrogens (primary N) is 1. The van der Waals surface area contributed by atoms with Crippen molar-refractivity contribution in [3.8, 4) is 0 Å². The van der Waals surface area contributed by atoms with Gasteiger partial charge in [-0.2, -0.15) is 0 Å². The van der Waals surface area contributed by atoms with Gasteiger partial charge in [0.1, 0.15) is 0 Å². The number of nitrogens with zero attached hydrogens (tertiary/aromatic N) is 1. The minimum absolute atomic E-state index is 0.0290.